The maximum atomic E-state index is 12.2. The van der Waals surface area contributed by atoms with Crippen LogP contribution in [0.2, 0.25) is 0 Å². The fourth-order valence-electron chi connectivity index (χ4n) is 2.70. The van der Waals surface area contributed by atoms with E-state index < -0.39 is 5.97 Å². The molecule has 0 bridgehead atoms. The van der Waals surface area contributed by atoms with Gasteiger partial charge in [0.1, 0.15) is 0 Å². The fourth-order valence-corrected chi connectivity index (χ4v) is 2.70. The van der Waals surface area contributed by atoms with Crippen LogP contribution in [-0.4, -0.2) is 20.7 Å². The summed E-state index contributed by atoms with van der Waals surface area (Å²) in [6, 6.07) is 18.6. The van der Waals surface area contributed by atoms with Gasteiger partial charge in [-0.15, -0.1) is 0 Å². The molecule has 0 spiro atoms. The average Bonchev–Trinajstić information content (AvgIpc) is 3.36. The minimum Gasteiger partial charge on any atom is -0.452 e. The molecule has 0 amide bonds. The molecular formula is C21H17N3O3. The van der Waals surface area contributed by atoms with Crippen LogP contribution in [0, 0.1) is 6.92 Å². The number of nitrogens with zero attached hydrogens (tertiary/aromatic N) is 3. The fraction of sp³-hybridized carbons (Fsp3) is 0.0952. The molecule has 0 unspecified atom stereocenters. The lowest BCUT2D eigenvalue weighted by molar-refractivity contribution is 0.0439. The van der Waals surface area contributed by atoms with Crippen LogP contribution in [0.15, 0.2) is 77.5 Å². The Morgan fingerprint density at radius 2 is 1.85 bits per heavy atom. The quantitative estimate of drug-likeness (QED) is 0.500. The Morgan fingerprint density at radius 3 is 2.56 bits per heavy atom. The van der Waals surface area contributed by atoms with E-state index in [1.54, 1.807) is 29.2 Å². The van der Waals surface area contributed by atoms with E-state index in [1.165, 1.54) is 0 Å². The molecule has 6 nitrogen and oxygen atoms in total. The van der Waals surface area contributed by atoms with Crippen molar-refractivity contribution < 1.29 is 13.9 Å². The molecule has 0 saturated carbocycles. The van der Waals surface area contributed by atoms with Gasteiger partial charge in [-0.05, 0) is 37.3 Å². The Hall–Kier alpha value is -3.67. The topological polar surface area (TPSA) is 70.2 Å². The van der Waals surface area contributed by atoms with Gasteiger partial charge in [-0.2, -0.15) is 5.10 Å². The van der Waals surface area contributed by atoms with Gasteiger partial charge in [-0.3, -0.25) is 0 Å². The highest BCUT2D eigenvalue weighted by molar-refractivity contribution is 5.89. The average molecular weight is 359 g/mol. The van der Waals surface area contributed by atoms with Gasteiger partial charge in [-0.1, -0.05) is 30.3 Å². The molecule has 0 aliphatic carbocycles. The smallest absolute Gasteiger partial charge is 0.338 e. The summed E-state index contributed by atoms with van der Waals surface area (Å²) >= 11 is 0. The number of hydrogen-bond donors (Lipinski definition) is 0. The predicted molar refractivity (Wildman–Crippen MR) is 99.4 cm³/mol. The lowest BCUT2D eigenvalue weighted by atomic mass is 10.2. The Labute approximate surface area is 156 Å². The Bertz CT molecular complexity index is 1050. The zero-order valence-electron chi connectivity index (χ0n) is 14.7. The van der Waals surface area contributed by atoms with Crippen LogP contribution in [-0.2, 0) is 11.3 Å². The minimum absolute atomic E-state index is 0.0221. The van der Waals surface area contributed by atoms with Gasteiger partial charge in [0.05, 0.1) is 17.4 Å². The number of oxazole rings is 1. The molecule has 4 aromatic rings. The van der Waals surface area contributed by atoms with Gasteiger partial charge < -0.3 is 9.15 Å². The van der Waals surface area contributed by atoms with E-state index in [4.69, 9.17) is 9.15 Å². The van der Waals surface area contributed by atoms with Gasteiger partial charge in [0.2, 0.25) is 5.89 Å². The highest BCUT2D eigenvalue weighted by Crippen LogP contribution is 2.20. The highest BCUT2D eigenvalue weighted by Gasteiger charge is 2.12. The van der Waals surface area contributed by atoms with Crippen molar-refractivity contribution in [1.29, 1.82) is 0 Å². The Morgan fingerprint density at radius 1 is 1.07 bits per heavy atom. The molecule has 4 rings (SSSR count). The van der Waals surface area contributed by atoms with Crippen molar-refractivity contribution in [1.82, 2.24) is 14.8 Å². The second-order valence-corrected chi connectivity index (χ2v) is 5.99. The molecule has 0 aliphatic heterocycles. The summed E-state index contributed by atoms with van der Waals surface area (Å²) in [5.74, 6) is 0.560. The summed E-state index contributed by atoms with van der Waals surface area (Å²) in [7, 11) is 0. The second kappa shape index (κ2) is 7.29. The van der Waals surface area contributed by atoms with Crippen LogP contribution in [0.5, 0.6) is 0 Å². The molecule has 27 heavy (non-hydrogen) atoms. The number of aryl methyl sites for hydroxylation is 1. The van der Waals surface area contributed by atoms with Crippen molar-refractivity contribution in [2.75, 3.05) is 0 Å². The molecule has 134 valence electrons. The van der Waals surface area contributed by atoms with Gasteiger partial charge in [0.15, 0.2) is 12.4 Å². The molecule has 6 heteroatoms. The van der Waals surface area contributed by atoms with E-state index in [9.17, 15) is 4.79 Å². The van der Waals surface area contributed by atoms with Crippen LogP contribution >= 0.6 is 0 Å². The largest absolute Gasteiger partial charge is 0.452 e. The second-order valence-electron chi connectivity index (χ2n) is 5.99. The first-order chi connectivity index (χ1) is 13.2. The Balaban J connectivity index is 1.40. The summed E-state index contributed by atoms with van der Waals surface area (Å²) in [4.78, 5) is 16.4. The summed E-state index contributed by atoms with van der Waals surface area (Å²) in [5, 5.41) is 4.24. The van der Waals surface area contributed by atoms with Crippen molar-refractivity contribution in [3.63, 3.8) is 0 Å². The van der Waals surface area contributed by atoms with Gasteiger partial charge in [0.25, 0.3) is 0 Å². The number of rotatable bonds is 5. The van der Waals surface area contributed by atoms with Crippen molar-refractivity contribution in [2.45, 2.75) is 13.5 Å². The van der Waals surface area contributed by atoms with E-state index in [1.807, 2.05) is 55.5 Å². The maximum Gasteiger partial charge on any atom is 0.338 e. The number of esters is 1. The molecule has 2 heterocycles. The van der Waals surface area contributed by atoms with E-state index in [0.717, 1.165) is 16.9 Å². The summed E-state index contributed by atoms with van der Waals surface area (Å²) in [5.41, 5.74) is 3.28. The maximum absolute atomic E-state index is 12.2. The first kappa shape index (κ1) is 16.8. The number of aromatic nitrogens is 3. The molecule has 0 N–H and O–H groups in total. The lowest BCUT2D eigenvalue weighted by Crippen LogP contribution is -2.06. The van der Waals surface area contributed by atoms with Crippen LogP contribution < -0.4 is 0 Å². The molecule has 0 aliphatic rings. The molecule has 0 saturated heterocycles. The van der Waals surface area contributed by atoms with Gasteiger partial charge in [0, 0.05) is 17.5 Å². The van der Waals surface area contributed by atoms with Crippen LogP contribution in [0.3, 0.4) is 0 Å². The molecule has 0 atom stereocenters. The van der Waals surface area contributed by atoms with Crippen molar-refractivity contribution >= 4 is 5.97 Å². The predicted octanol–water partition coefficient (Wildman–Crippen LogP) is 4.19. The molecule has 2 aromatic heterocycles. The zero-order valence-corrected chi connectivity index (χ0v) is 14.7. The molecular weight excluding hydrogens is 342 g/mol. The van der Waals surface area contributed by atoms with E-state index in [0.29, 0.717) is 17.2 Å². The van der Waals surface area contributed by atoms with Gasteiger partial charge in [-0.25, -0.2) is 14.5 Å². The number of carbonyl (C=O) groups excluding carboxylic acids is 1. The van der Waals surface area contributed by atoms with Crippen LogP contribution in [0.4, 0.5) is 0 Å². The SMILES string of the molecule is Cc1ccnn1-c1ccc(C(=O)OCc2ncc(-c3ccccc3)o2)cc1. The normalized spacial score (nSPS) is 10.7. The number of ether oxygens (including phenoxy) is 1. The summed E-state index contributed by atoms with van der Waals surface area (Å²) in [6.07, 6.45) is 3.36. The summed E-state index contributed by atoms with van der Waals surface area (Å²) < 4.78 is 12.7. The molecule has 2 aromatic carbocycles. The van der Waals surface area contributed by atoms with Crippen molar-refractivity contribution in [3.8, 4) is 17.0 Å². The van der Waals surface area contributed by atoms with Gasteiger partial charge >= 0.3 is 5.97 Å². The lowest BCUT2D eigenvalue weighted by Gasteiger charge is -2.06. The standard InChI is InChI=1S/C21H17N3O3/c1-15-11-12-23-24(15)18-9-7-17(8-10-18)21(25)26-14-20-22-13-19(27-20)16-5-3-2-4-6-16/h2-13H,14H2,1H3. The highest BCUT2D eigenvalue weighted by atomic mass is 16.5. The number of carbonyl (C=O) groups is 1. The third-order valence-electron chi connectivity index (χ3n) is 4.12. The third kappa shape index (κ3) is 3.64. The third-order valence-corrected chi connectivity index (χ3v) is 4.12. The first-order valence-electron chi connectivity index (χ1n) is 8.49. The molecule has 0 fully saturated rings. The monoisotopic (exact) mass is 359 g/mol. The van der Waals surface area contributed by atoms with E-state index in [-0.39, 0.29) is 6.61 Å². The van der Waals surface area contributed by atoms with Crippen LogP contribution in [0.1, 0.15) is 21.9 Å². The van der Waals surface area contributed by atoms with Crippen molar-refractivity contribution in [2.24, 2.45) is 0 Å². The summed E-state index contributed by atoms with van der Waals surface area (Å²) in [6.45, 7) is 1.95. The van der Waals surface area contributed by atoms with Crippen molar-refractivity contribution in [3.05, 3.63) is 90.2 Å². The molecule has 0 radical (unpaired) electrons. The van der Waals surface area contributed by atoms with Crippen LogP contribution in [0.25, 0.3) is 17.0 Å². The Kier molecular flexibility index (Phi) is 4.53. The number of hydrogen-bond acceptors (Lipinski definition) is 5. The van der Waals surface area contributed by atoms with E-state index >= 15 is 0 Å². The van der Waals surface area contributed by atoms with E-state index in [2.05, 4.69) is 10.1 Å². The minimum atomic E-state index is -0.432. The number of benzene rings is 2. The first-order valence-corrected chi connectivity index (χ1v) is 8.49. The zero-order chi connectivity index (χ0) is 18.6.